The molecule has 0 amide bonds. The molecule has 0 aliphatic carbocycles. The zero-order chi connectivity index (χ0) is 16.8. The third-order valence-corrected chi connectivity index (χ3v) is 3.53. The van der Waals surface area contributed by atoms with E-state index in [9.17, 15) is 17.2 Å². The molecule has 0 bridgehead atoms. The normalized spacial score (nSPS) is 13.2. The highest BCUT2D eigenvalue weighted by atomic mass is 127. The van der Waals surface area contributed by atoms with Gasteiger partial charge in [-0.2, -0.15) is 0 Å². The predicted molar refractivity (Wildman–Crippen MR) is 97.5 cm³/mol. The average Bonchev–Trinajstić information content (AvgIpc) is 2.43. The molecule has 0 spiro atoms. The summed E-state index contributed by atoms with van der Waals surface area (Å²) in [7, 11) is -1.68. The first kappa shape index (κ1) is 22.0. The Hall–Kier alpha value is -1.01. The quantitative estimate of drug-likeness (QED) is 0.258. The fraction of sp³-hybridized carbons (Fsp3) is 0.462. The van der Waals surface area contributed by atoms with Crippen LogP contribution >= 0.6 is 24.0 Å². The van der Waals surface area contributed by atoms with Gasteiger partial charge in [-0.1, -0.05) is 6.07 Å². The van der Waals surface area contributed by atoms with Crippen molar-refractivity contribution in [1.82, 2.24) is 15.4 Å². The third kappa shape index (κ3) is 8.42. The second kappa shape index (κ2) is 9.98. The molecule has 0 aliphatic rings. The topological polar surface area (TPSA) is 82.6 Å². The highest BCUT2D eigenvalue weighted by molar-refractivity contribution is 14.0. The zero-order valence-electron chi connectivity index (χ0n) is 13.1. The number of hydrogen-bond acceptors (Lipinski definition) is 3. The lowest BCUT2D eigenvalue weighted by Crippen LogP contribution is -2.42. The van der Waals surface area contributed by atoms with Crippen molar-refractivity contribution in [3.8, 4) is 0 Å². The summed E-state index contributed by atoms with van der Waals surface area (Å²) in [5, 5.41) is 5.91. The summed E-state index contributed by atoms with van der Waals surface area (Å²) in [4.78, 5) is 3.98. The number of sulfonamides is 1. The Morgan fingerprint density at radius 3 is 2.43 bits per heavy atom. The Labute approximate surface area is 152 Å². The number of benzene rings is 1. The molecule has 1 rings (SSSR count). The van der Waals surface area contributed by atoms with Crippen molar-refractivity contribution in [1.29, 1.82) is 0 Å². The maximum Gasteiger partial charge on any atom is 0.208 e. The second-order valence-electron chi connectivity index (χ2n) is 4.71. The van der Waals surface area contributed by atoms with E-state index in [0.717, 1.165) is 18.4 Å². The Kier molecular flexibility index (Phi) is 9.54. The number of rotatable bonds is 6. The number of guanidine groups is 1. The molecule has 1 aromatic carbocycles. The Morgan fingerprint density at radius 1 is 1.26 bits per heavy atom. The summed E-state index contributed by atoms with van der Waals surface area (Å²) in [6.45, 7) is 2.31. The molecule has 1 atom stereocenters. The van der Waals surface area contributed by atoms with E-state index >= 15 is 0 Å². The van der Waals surface area contributed by atoms with E-state index in [1.54, 1.807) is 14.0 Å². The third-order valence-electron chi connectivity index (χ3n) is 2.80. The van der Waals surface area contributed by atoms with Crippen LogP contribution in [0.2, 0.25) is 0 Å². The maximum absolute atomic E-state index is 13.2. The van der Waals surface area contributed by atoms with Crippen molar-refractivity contribution < 1.29 is 17.2 Å². The monoisotopic (exact) mass is 462 g/mol. The summed E-state index contributed by atoms with van der Waals surface area (Å²) in [6.07, 6.45) is 1.07. The molecule has 10 heteroatoms. The molecule has 0 fully saturated rings. The van der Waals surface area contributed by atoms with Crippen LogP contribution in [0.15, 0.2) is 23.2 Å². The first-order chi connectivity index (χ1) is 10.2. The molecule has 132 valence electrons. The molecule has 0 saturated heterocycles. The molecule has 1 aromatic rings. The minimum atomic E-state index is -3.23. The van der Waals surface area contributed by atoms with Crippen molar-refractivity contribution in [3.05, 3.63) is 35.4 Å². The molecule has 1 unspecified atom stereocenters. The van der Waals surface area contributed by atoms with E-state index in [-0.39, 0.29) is 36.6 Å². The molecule has 0 heterocycles. The Morgan fingerprint density at radius 2 is 1.91 bits per heavy atom. The van der Waals surface area contributed by atoms with Gasteiger partial charge in [0.05, 0.1) is 12.3 Å². The van der Waals surface area contributed by atoms with Crippen molar-refractivity contribution in [3.63, 3.8) is 0 Å². The van der Waals surface area contributed by atoms with E-state index in [1.165, 1.54) is 6.07 Å². The van der Waals surface area contributed by atoms with Crippen LogP contribution in [0, 0.1) is 11.6 Å². The minimum Gasteiger partial charge on any atom is -0.355 e. The fourth-order valence-corrected chi connectivity index (χ4v) is 2.15. The van der Waals surface area contributed by atoms with Crippen LogP contribution in [-0.4, -0.2) is 40.8 Å². The van der Waals surface area contributed by atoms with Crippen LogP contribution in [0.25, 0.3) is 0 Å². The molecule has 0 aromatic heterocycles. The van der Waals surface area contributed by atoms with E-state index < -0.39 is 21.7 Å². The van der Waals surface area contributed by atoms with Crippen LogP contribution in [0.5, 0.6) is 0 Å². The van der Waals surface area contributed by atoms with Crippen molar-refractivity contribution in [2.24, 2.45) is 4.99 Å². The number of halogens is 3. The number of nitrogens with one attached hydrogen (secondary N) is 3. The Balaban J connectivity index is 0.00000484. The molecule has 6 nitrogen and oxygen atoms in total. The van der Waals surface area contributed by atoms with E-state index in [2.05, 4.69) is 20.3 Å². The summed E-state index contributed by atoms with van der Waals surface area (Å²) >= 11 is 0. The van der Waals surface area contributed by atoms with Gasteiger partial charge in [-0.25, -0.2) is 21.9 Å². The minimum absolute atomic E-state index is 0. The number of aliphatic imine (C=N–C) groups is 1. The van der Waals surface area contributed by atoms with Crippen LogP contribution in [0.4, 0.5) is 8.78 Å². The SMILES string of the molecule is CN=C(NCCNS(C)(=O)=O)NC(C)c1ccc(F)c(F)c1.I. The smallest absolute Gasteiger partial charge is 0.208 e. The lowest BCUT2D eigenvalue weighted by molar-refractivity contribution is 0.504. The fourth-order valence-electron chi connectivity index (χ4n) is 1.68. The summed E-state index contributed by atoms with van der Waals surface area (Å²) in [5.41, 5.74) is 0.566. The van der Waals surface area contributed by atoms with Gasteiger partial charge in [0.15, 0.2) is 17.6 Å². The molecular formula is C13H21F2IN4O2S. The van der Waals surface area contributed by atoms with Gasteiger partial charge in [0, 0.05) is 20.1 Å². The average molecular weight is 462 g/mol. The predicted octanol–water partition coefficient (Wildman–Crippen LogP) is 1.36. The van der Waals surface area contributed by atoms with Crippen LogP contribution < -0.4 is 15.4 Å². The van der Waals surface area contributed by atoms with Crippen LogP contribution in [0.1, 0.15) is 18.5 Å². The molecular weight excluding hydrogens is 441 g/mol. The van der Waals surface area contributed by atoms with Crippen LogP contribution in [-0.2, 0) is 10.0 Å². The lowest BCUT2D eigenvalue weighted by atomic mass is 10.1. The second-order valence-corrected chi connectivity index (χ2v) is 6.54. The van der Waals surface area contributed by atoms with Crippen molar-refractivity contribution >= 4 is 40.0 Å². The molecule has 0 aliphatic heterocycles. The van der Waals surface area contributed by atoms with E-state index in [4.69, 9.17) is 0 Å². The molecule has 23 heavy (non-hydrogen) atoms. The number of nitrogens with zero attached hydrogens (tertiary/aromatic N) is 1. The van der Waals surface area contributed by atoms with Gasteiger partial charge in [0.2, 0.25) is 10.0 Å². The van der Waals surface area contributed by atoms with Gasteiger partial charge in [-0.05, 0) is 24.6 Å². The summed E-state index contributed by atoms with van der Waals surface area (Å²) in [5.74, 6) is -1.38. The first-order valence-electron chi connectivity index (χ1n) is 6.59. The first-order valence-corrected chi connectivity index (χ1v) is 8.49. The maximum atomic E-state index is 13.2. The van der Waals surface area contributed by atoms with Gasteiger partial charge in [-0.15, -0.1) is 24.0 Å². The Bertz CT molecular complexity index is 641. The van der Waals surface area contributed by atoms with E-state index in [1.807, 2.05) is 0 Å². The van der Waals surface area contributed by atoms with Crippen molar-refractivity contribution in [2.45, 2.75) is 13.0 Å². The van der Waals surface area contributed by atoms with E-state index in [0.29, 0.717) is 18.1 Å². The molecule has 0 saturated carbocycles. The summed E-state index contributed by atoms with van der Waals surface area (Å²) < 4.78 is 50.3. The standard InChI is InChI=1S/C13H20F2N4O2S.HI/c1-9(10-4-5-11(14)12(15)8-10)19-13(16-2)17-6-7-18-22(3,20)21;/h4-5,8-9,18H,6-7H2,1-3H3,(H2,16,17,19);1H. The van der Waals surface area contributed by atoms with Crippen LogP contribution in [0.3, 0.4) is 0 Å². The molecule has 3 N–H and O–H groups in total. The largest absolute Gasteiger partial charge is 0.355 e. The van der Waals surface area contributed by atoms with Crippen molar-refractivity contribution in [2.75, 3.05) is 26.4 Å². The van der Waals surface area contributed by atoms with Gasteiger partial charge < -0.3 is 10.6 Å². The van der Waals surface area contributed by atoms with Gasteiger partial charge in [0.1, 0.15) is 0 Å². The highest BCUT2D eigenvalue weighted by Crippen LogP contribution is 2.15. The van der Waals surface area contributed by atoms with Gasteiger partial charge in [0.25, 0.3) is 0 Å². The number of hydrogen-bond donors (Lipinski definition) is 3. The molecule has 0 radical (unpaired) electrons. The lowest BCUT2D eigenvalue weighted by Gasteiger charge is -2.18. The zero-order valence-corrected chi connectivity index (χ0v) is 16.2. The van der Waals surface area contributed by atoms with Gasteiger partial charge in [-0.3, -0.25) is 4.99 Å². The highest BCUT2D eigenvalue weighted by Gasteiger charge is 2.10. The van der Waals surface area contributed by atoms with Gasteiger partial charge >= 0.3 is 0 Å². The summed E-state index contributed by atoms with van der Waals surface area (Å²) in [6, 6.07) is 3.36.